The van der Waals surface area contributed by atoms with Crippen molar-refractivity contribution in [1.82, 2.24) is 0 Å². The van der Waals surface area contributed by atoms with Crippen LogP contribution in [-0.4, -0.2) is 12.1 Å². The van der Waals surface area contributed by atoms with Gasteiger partial charge in [0.2, 0.25) is 0 Å². The first-order valence-corrected chi connectivity index (χ1v) is 4.44. The minimum atomic E-state index is -0.707. The molecule has 1 saturated carbocycles. The fourth-order valence-electron chi connectivity index (χ4n) is 2.01. The molecule has 0 N–H and O–H groups in total. The number of rotatable bonds is 1. The van der Waals surface area contributed by atoms with E-state index >= 15 is 0 Å². The number of Topliss-reactive ketones (excluding diaryl/α,β-unsaturated/α-hetero) is 1. The fraction of sp³-hybridized carbons (Fsp3) is 0.800. The summed E-state index contributed by atoms with van der Waals surface area (Å²) < 4.78 is 0. The third-order valence-electron chi connectivity index (χ3n) is 2.89. The number of hydrogen-bond donors (Lipinski definition) is 0. The van der Waals surface area contributed by atoms with Crippen LogP contribution in [0.15, 0.2) is 0 Å². The summed E-state index contributed by atoms with van der Waals surface area (Å²) in [4.78, 5) is 22.5. The quantitative estimate of drug-likeness (QED) is 0.443. The summed E-state index contributed by atoms with van der Waals surface area (Å²) in [6, 6.07) is 0. The van der Waals surface area contributed by atoms with Gasteiger partial charge in [-0.3, -0.25) is 4.79 Å². The summed E-state index contributed by atoms with van der Waals surface area (Å²) in [6.45, 7) is 5.61. The van der Waals surface area contributed by atoms with Crippen molar-refractivity contribution in [3.63, 3.8) is 0 Å². The average molecular weight is 168 g/mol. The molecule has 0 radical (unpaired) electrons. The van der Waals surface area contributed by atoms with Crippen molar-refractivity contribution in [1.29, 1.82) is 0 Å². The number of ketones is 1. The molecular weight excluding hydrogens is 152 g/mol. The van der Waals surface area contributed by atoms with E-state index in [0.717, 1.165) is 25.5 Å². The van der Waals surface area contributed by atoms with E-state index in [1.54, 1.807) is 6.92 Å². The van der Waals surface area contributed by atoms with Crippen molar-refractivity contribution in [3.05, 3.63) is 0 Å². The largest absolute Gasteiger partial charge is 0.302 e. The van der Waals surface area contributed by atoms with Gasteiger partial charge in [-0.25, -0.2) is 0 Å². The molecular formula is C10H16O2. The fourth-order valence-corrected chi connectivity index (χ4v) is 2.01. The van der Waals surface area contributed by atoms with Gasteiger partial charge in [-0.15, -0.1) is 0 Å². The Morgan fingerprint density at radius 3 is 2.25 bits per heavy atom. The molecule has 0 aliphatic heterocycles. The second kappa shape index (κ2) is 2.68. The van der Waals surface area contributed by atoms with Gasteiger partial charge in [0.15, 0.2) is 5.78 Å². The van der Waals surface area contributed by atoms with Crippen molar-refractivity contribution in [2.24, 2.45) is 10.8 Å². The van der Waals surface area contributed by atoms with Crippen LogP contribution >= 0.6 is 0 Å². The molecule has 0 bridgehead atoms. The zero-order valence-corrected chi connectivity index (χ0v) is 8.02. The predicted octanol–water partition coefficient (Wildman–Crippen LogP) is 1.97. The van der Waals surface area contributed by atoms with Crippen LogP contribution in [0.5, 0.6) is 0 Å². The lowest BCUT2D eigenvalue weighted by Gasteiger charge is -2.37. The summed E-state index contributed by atoms with van der Waals surface area (Å²) in [6.07, 6.45) is 3.43. The molecule has 0 amide bonds. The van der Waals surface area contributed by atoms with Crippen molar-refractivity contribution in [2.45, 2.75) is 40.0 Å². The first-order chi connectivity index (χ1) is 5.42. The molecule has 0 spiro atoms. The molecule has 12 heavy (non-hydrogen) atoms. The lowest BCUT2D eigenvalue weighted by atomic mass is 9.64. The molecule has 1 atom stereocenters. The maximum atomic E-state index is 11.8. The van der Waals surface area contributed by atoms with Crippen molar-refractivity contribution < 1.29 is 9.59 Å². The molecule has 1 aliphatic rings. The number of aldehydes is 1. The maximum absolute atomic E-state index is 11.8. The topological polar surface area (TPSA) is 34.1 Å². The summed E-state index contributed by atoms with van der Waals surface area (Å²) in [5, 5.41) is 0. The van der Waals surface area contributed by atoms with Crippen molar-refractivity contribution in [2.75, 3.05) is 0 Å². The molecule has 0 aromatic heterocycles. The summed E-state index contributed by atoms with van der Waals surface area (Å²) in [5.74, 6) is 0.108. The van der Waals surface area contributed by atoms with Crippen LogP contribution in [0.4, 0.5) is 0 Å². The van der Waals surface area contributed by atoms with E-state index in [-0.39, 0.29) is 11.2 Å². The van der Waals surface area contributed by atoms with E-state index in [1.807, 2.05) is 13.8 Å². The van der Waals surface area contributed by atoms with Crippen molar-refractivity contribution >= 4 is 12.1 Å². The molecule has 2 heteroatoms. The van der Waals surface area contributed by atoms with E-state index in [1.165, 1.54) is 0 Å². The zero-order valence-electron chi connectivity index (χ0n) is 8.02. The van der Waals surface area contributed by atoms with Crippen LogP contribution in [0.25, 0.3) is 0 Å². The number of carbonyl (C=O) groups excluding carboxylic acids is 2. The Morgan fingerprint density at radius 2 is 1.83 bits per heavy atom. The average Bonchev–Trinajstić information content (AvgIpc) is 2.00. The Bertz CT molecular complexity index is 218. The first-order valence-electron chi connectivity index (χ1n) is 4.44. The van der Waals surface area contributed by atoms with E-state index in [0.29, 0.717) is 0 Å². The van der Waals surface area contributed by atoms with Gasteiger partial charge >= 0.3 is 0 Å². The van der Waals surface area contributed by atoms with Crippen molar-refractivity contribution in [3.8, 4) is 0 Å². The minimum absolute atomic E-state index is 0.108. The standard InChI is InChI=1S/C10H16O2/c1-9(2)5-4-6-10(3,7-11)8(9)12/h7H,4-6H2,1-3H3/t10-/m0/s1. The third kappa shape index (κ3) is 1.30. The van der Waals surface area contributed by atoms with E-state index in [4.69, 9.17) is 0 Å². The Kier molecular flexibility index (Phi) is 2.11. The van der Waals surface area contributed by atoms with E-state index in [2.05, 4.69) is 0 Å². The summed E-state index contributed by atoms with van der Waals surface area (Å²) in [7, 11) is 0. The van der Waals surface area contributed by atoms with E-state index in [9.17, 15) is 9.59 Å². The van der Waals surface area contributed by atoms with Gasteiger partial charge in [0.1, 0.15) is 6.29 Å². The van der Waals surface area contributed by atoms with E-state index < -0.39 is 5.41 Å². The Hall–Kier alpha value is -0.660. The highest BCUT2D eigenvalue weighted by atomic mass is 16.1. The van der Waals surface area contributed by atoms with Crippen LogP contribution < -0.4 is 0 Å². The van der Waals surface area contributed by atoms with Gasteiger partial charge < -0.3 is 4.79 Å². The van der Waals surface area contributed by atoms with Gasteiger partial charge in [0.25, 0.3) is 0 Å². The molecule has 0 aromatic carbocycles. The Labute approximate surface area is 73.3 Å². The lowest BCUT2D eigenvalue weighted by molar-refractivity contribution is -0.144. The number of hydrogen-bond acceptors (Lipinski definition) is 2. The Balaban J connectivity index is 2.94. The van der Waals surface area contributed by atoms with Crippen LogP contribution in [0.3, 0.4) is 0 Å². The minimum Gasteiger partial charge on any atom is -0.302 e. The van der Waals surface area contributed by atoms with Crippen LogP contribution in [0.1, 0.15) is 40.0 Å². The van der Waals surface area contributed by atoms with Crippen LogP contribution in [0, 0.1) is 10.8 Å². The first kappa shape index (κ1) is 9.43. The molecule has 1 rings (SSSR count). The molecule has 0 aromatic rings. The second-order valence-corrected chi connectivity index (χ2v) is 4.60. The second-order valence-electron chi connectivity index (χ2n) is 4.60. The molecule has 68 valence electrons. The van der Waals surface area contributed by atoms with Gasteiger partial charge in [0, 0.05) is 5.41 Å². The summed E-state index contributed by atoms with van der Waals surface area (Å²) >= 11 is 0. The lowest BCUT2D eigenvalue weighted by Crippen LogP contribution is -2.43. The molecule has 0 saturated heterocycles. The Morgan fingerprint density at radius 1 is 1.25 bits per heavy atom. The van der Waals surface area contributed by atoms with Gasteiger partial charge in [-0.2, -0.15) is 0 Å². The van der Waals surface area contributed by atoms with Crippen LogP contribution in [0.2, 0.25) is 0 Å². The summed E-state index contributed by atoms with van der Waals surface area (Å²) in [5.41, 5.74) is -1.00. The normalized spacial score (nSPS) is 34.8. The zero-order chi connectivity index (χ0) is 9.41. The van der Waals surface area contributed by atoms with Gasteiger partial charge in [-0.05, 0) is 19.8 Å². The third-order valence-corrected chi connectivity index (χ3v) is 2.89. The molecule has 0 heterocycles. The predicted molar refractivity (Wildman–Crippen MR) is 46.8 cm³/mol. The molecule has 2 nitrogen and oxygen atoms in total. The SMILES string of the molecule is CC1(C)CCC[C@@](C)(C=O)C1=O. The smallest absolute Gasteiger partial charge is 0.151 e. The van der Waals surface area contributed by atoms with Gasteiger partial charge in [-0.1, -0.05) is 20.3 Å². The maximum Gasteiger partial charge on any atom is 0.151 e. The monoisotopic (exact) mass is 168 g/mol. The highest BCUT2D eigenvalue weighted by Gasteiger charge is 2.45. The highest BCUT2D eigenvalue weighted by Crippen LogP contribution is 2.41. The molecule has 1 fully saturated rings. The molecule has 1 aliphatic carbocycles. The van der Waals surface area contributed by atoms with Gasteiger partial charge in [0.05, 0.1) is 5.41 Å². The number of carbonyl (C=O) groups is 2. The molecule has 0 unspecified atom stereocenters. The van der Waals surface area contributed by atoms with Crippen LogP contribution in [-0.2, 0) is 9.59 Å². The highest BCUT2D eigenvalue weighted by molar-refractivity contribution is 6.01.